The third-order valence-corrected chi connectivity index (χ3v) is 6.15. The minimum atomic E-state index is -0.239. The van der Waals surface area contributed by atoms with Gasteiger partial charge in [0.05, 0.1) is 24.6 Å². The van der Waals surface area contributed by atoms with Crippen molar-refractivity contribution in [3.05, 3.63) is 64.4 Å². The summed E-state index contributed by atoms with van der Waals surface area (Å²) in [6, 6.07) is 6.08. The fraction of sp³-hybridized carbons (Fsp3) is 0.348. The zero-order chi connectivity index (χ0) is 22.9. The first-order valence-corrected chi connectivity index (χ1v) is 10.7. The van der Waals surface area contributed by atoms with Crippen LogP contribution in [0.1, 0.15) is 44.3 Å². The van der Waals surface area contributed by atoms with Crippen LogP contribution in [0, 0.1) is 18.3 Å². The fourth-order valence-electron chi connectivity index (χ4n) is 4.41. The number of cyclic esters (lactones) is 1. The molecule has 0 amide bonds. The number of carbonyl (C=O) groups excluding carboxylic acids is 1. The second kappa shape index (κ2) is 8.61. The molecule has 2 aromatic heterocycles. The van der Waals surface area contributed by atoms with Gasteiger partial charge in [-0.1, -0.05) is 6.07 Å². The summed E-state index contributed by atoms with van der Waals surface area (Å²) in [6.07, 6.45) is 5.00. The first-order chi connectivity index (χ1) is 16.1. The fourth-order valence-corrected chi connectivity index (χ4v) is 4.41. The minimum Gasteiger partial charge on any atom is -0.480 e. The topological polar surface area (TPSA) is 118 Å². The number of rotatable bonds is 5. The number of esters is 1. The zero-order valence-electron chi connectivity index (χ0n) is 18.4. The van der Waals surface area contributed by atoms with Gasteiger partial charge in [0.2, 0.25) is 11.8 Å². The monoisotopic (exact) mass is 445 g/mol. The largest absolute Gasteiger partial charge is 0.480 e. The predicted molar refractivity (Wildman–Crippen MR) is 117 cm³/mol. The number of benzene rings is 1. The molecule has 1 N–H and O–H groups in total. The standard InChI is InChI=1S/C23H23N7O3/c1-14-17(3-4-18-19(14)12-33-22(18)31)20-11-29(6-5-25-20)9-16-10-30(13-27-16)23-26-8-15(7-24)21(28-23)32-2/h3-4,8,10,13,20,25H,5-6,9,11-12H2,1-2H3/t20-/m0/s1. The van der Waals surface area contributed by atoms with Crippen LogP contribution in [0.4, 0.5) is 0 Å². The molecule has 2 aliphatic heterocycles. The van der Waals surface area contributed by atoms with Gasteiger partial charge in [0, 0.05) is 44.0 Å². The summed E-state index contributed by atoms with van der Waals surface area (Å²) in [5.41, 5.74) is 5.16. The minimum absolute atomic E-state index is 0.160. The Balaban J connectivity index is 1.30. The number of carbonyl (C=O) groups is 1. The van der Waals surface area contributed by atoms with Gasteiger partial charge < -0.3 is 14.8 Å². The molecule has 0 spiro atoms. The highest BCUT2D eigenvalue weighted by Crippen LogP contribution is 2.30. The van der Waals surface area contributed by atoms with E-state index in [1.165, 1.54) is 18.9 Å². The second-order valence-corrected chi connectivity index (χ2v) is 8.10. The Morgan fingerprint density at radius 1 is 1.36 bits per heavy atom. The van der Waals surface area contributed by atoms with Crippen molar-refractivity contribution in [2.75, 3.05) is 26.7 Å². The van der Waals surface area contributed by atoms with Crippen LogP contribution in [0.5, 0.6) is 5.88 Å². The predicted octanol–water partition coefficient (Wildman–Crippen LogP) is 1.67. The lowest BCUT2D eigenvalue weighted by Gasteiger charge is -2.34. The van der Waals surface area contributed by atoms with Crippen molar-refractivity contribution in [1.29, 1.82) is 5.26 Å². The number of aromatic nitrogens is 4. The lowest BCUT2D eigenvalue weighted by molar-refractivity contribution is 0.0535. The van der Waals surface area contributed by atoms with Gasteiger partial charge in [-0.25, -0.2) is 14.8 Å². The lowest BCUT2D eigenvalue weighted by atomic mass is 9.93. The Morgan fingerprint density at radius 2 is 2.24 bits per heavy atom. The van der Waals surface area contributed by atoms with Crippen LogP contribution in [0.15, 0.2) is 30.9 Å². The third-order valence-electron chi connectivity index (χ3n) is 6.15. The number of nitriles is 1. The van der Waals surface area contributed by atoms with Crippen molar-refractivity contribution in [1.82, 2.24) is 29.7 Å². The van der Waals surface area contributed by atoms with Crippen LogP contribution < -0.4 is 10.1 Å². The van der Waals surface area contributed by atoms with Gasteiger partial charge in [0.15, 0.2) is 0 Å². The molecule has 1 aromatic carbocycles. The van der Waals surface area contributed by atoms with Gasteiger partial charge in [-0.15, -0.1) is 0 Å². The summed E-state index contributed by atoms with van der Waals surface area (Å²) in [4.78, 5) is 27.2. The van der Waals surface area contributed by atoms with Gasteiger partial charge in [0.1, 0.15) is 24.6 Å². The normalized spacial score (nSPS) is 18.0. The van der Waals surface area contributed by atoms with Crippen LogP contribution in [-0.2, 0) is 17.9 Å². The van der Waals surface area contributed by atoms with Crippen molar-refractivity contribution in [2.24, 2.45) is 0 Å². The van der Waals surface area contributed by atoms with Gasteiger partial charge in [-0.05, 0) is 24.1 Å². The summed E-state index contributed by atoms with van der Waals surface area (Å²) in [6.45, 7) is 5.67. The van der Waals surface area contributed by atoms with Crippen molar-refractivity contribution >= 4 is 5.97 Å². The van der Waals surface area contributed by atoms with E-state index < -0.39 is 0 Å². The molecule has 3 aromatic rings. The van der Waals surface area contributed by atoms with Gasteiger partial charge in [-0.2, -0.15) is 10.2 Å². The van der Waals surface area contributed by atoms with Gasteiger partial charge in [-0.3, -0.25) is 9.47 Å². The molecule has 2 aliphatic rings. The molecular formula is C23H23N7O3. The van der Waals surface area contributed by atoms with Crippen LogP contribution >= 0.6 is 0 Å². The lowest BCUT2D eigenvalue weighted by Crippen LogP contribution is -2.45. The zero-order valence-corrected chi connectivity index (χ0v) is 18.4. The first kappa shape index (κ1) is 21.1. The summed E-state index contributed by atoms with van der Waals surface area (Å²) < 4.78 is 12.1. The van der Waals surface area contributed by atoms with Crippen LogP contribution in [0.3, 0.4) is 0 Å². The van der Waals surface area contributed by atoms with Crippen molar-refractivity contribution in [2.45, 2.75) is 26.1 Å². The molecule has 1 atom stereocenters. The number of nitrogens with zero attached hydrogens (tertiary/aromatic N) is 6. The number of hydrogen-bond donors (Lipinski definition) is 1. The Bertz CT molecular complexity index is 1260. The number of fused-ring (bicyclic) bond motifs is 1. The maximum Gasteiger partial charge on any atom is 0.338 e. The number of nitrogens with one attached hydrogen (secondary N) is 1. The number of hydrogen-bond acceptors (Lipinski definition) is 9. The molecule has 1 saturated heterocycles. The molecule has 4 heterocycles. The highest BCUT2D eigenvalue weighted by molar-refractivity contribution is 5.94. The van der Waals surface area contributed by atoms with Gasteiger partial charge >= 0.3 is 5.97 Å². The van der Waals surface area contributed by atoms with E-state index in [-0.39, 0.29) is 23.5 Å². The smallest absolute Gasteiger partial charge is 0.338 e. The molecule has 0 unspecified atom stereocenters. The first-order valence-electron chi connectivity index (χ1n) is 10.7. The summed E-state index contributed by atoms with van der Waals surface area (Å²) in [5, 5.41) is 12.7. The van der Waals surface area contributed by atoms with E-state index in [2.05, 4.69) is 32.1 Å². The van der Waals surface area contributed by atoms with Gasteiger partial charge in [0.25, 0.3) is 0 Å². The maximum atomic E-state index is 11.8. The molecule has 1 fully saturated rings. The average Bonchev–Trinajstić information content (AvgIpc) is 3.46. The Kier molecular flexibility index (Phi) is 5.50. The quantitative estimate of drug-likeness (QED) is 0.585. The Hall–Kier alpha value is -3.81. The van der Waals surface area contributed by atoms with Crippen LogP contribution in [-0.4, -0.2) is 57.1 Å². The molecule has 10 nitrogen and oxygen atoms in total. The van der Waals surface area contributed by atoms with Crippen LogP contribution in [0.2, 0.25) is 0 Å². The van der Waals surface area contributed by atoms with E-state index >= 15 is 0 Å². The summed E-state index contributed by atoms with van der Waals surface area (Å²) in [7, 11) is 1.47. The summed E-state index contributed by atoms with van der Waals surface area (Å²) >= 11 is 0. The Morgan fingerprint density at radius 3 is 3.06 bits per heavy atom. The maximum absolute atomic E-state index is 11.8. The summed E-state index contributed by atoms with van der Waals surface area (Å²) in [5.74, 6) is 0.394. The van der Waals surface area contributed by atoms with Crippen molar-refractivity contribution in [3.8, 4) is 17.9 Å². The molecule has 5 rings (SSSR count). The number of ether oxygens (including phenoxy) is 2. The number of imidazole rings is 1. The van der Waals surface area contributed by atoms with E-state index in [0.29, 0.717) is 24.7 Å². The van der Waals surface area contributed by atoms with E-state index in [0.717, 1.165) is 36.5 Å². The molecule has 0 radical (unpaired) electrons. The van der Waals surface area contributed by atoms with E-state index in [1.54, 1.807) is 10.9 Å². The number of piperazine rings is 1. The molecular weight excluding hydrogens is 422 g/mol. The molecule has 0 bridgehead atoms. The van der Waals surface area contributed by atoms with Crippen molar-refractivity contribution < 1.29 is 14.3 Å². The SMILES string of the molecule is COc1nc(-n2cnc(CN3CCN[C@H](c4ccc5c(c4C)COC5=O)C3)c2)ncc1C#N. The second-order valence-electron chi connectivity index (χ2n) is 8.10. The Labute approximate surface area is 190 Å². The third kappa shape index (κ3) is 3.92. The average molecular weight is 445 g/mol. The molecule has 10 heteroatoms. The molecule has 33 heavy (non-hydrogen) atoms. The van der Waals surface area contributed by atoms with E-state index in [4.69, 9.17) is 14.7 Å². The van der Waals surface area contributed by atoms with Crippen molar-refractivity contribution in [3.63, 3.8) is 0 Å². The van der Waals surface area contributed by atoms with Crippen LogP contribution in [0.25, 0.3) is 5.95 Å². The highest BCUT2D eigenvalue weighted by Gasteiger charge is 2.28. The molecule has 0 saturated carbocycles. The molecule has 0 aliphatic carbocycles. The van der Waals surface area contributed by atoms with E-state index in [1.807, 2.05) is 24.4 Å². The highest BCUT2D eigenvalue weighted by atomic mass is 16.5. The van der Waals surface area contributed by atoms with E-state index in [9.17, 15) is 4.79 Å². The molecule has 168 valence electrons. The number of methoxy groups -OCH3 is 1.